The summed E-state index contributed by atoms with van der Waals surface area (Å²) in [6.45, 7) is 0. The lowest BCUT2D eigenvalue weighted by Crippen LogP contribution is -2.17. The van der Waals surface area contributed by atoms with Crippen LogP contribution in [-0.4, -0.2) is 6.36 Å². The number of hydrogen-bond donors (Lipinski definition) is 0. The van der Waals surface area contributed by atoms with Gasteiger partial charge >= 0.3 is 6.36 Å². The maximum Gasteiger partial charge on any atom is 0.573 e. The summed E-state index contributed by atoms with van der Waals surface area (Å²) in [7, 11) is 0. The van der Waals surface area contributed by atoms with Crippen molar-refractivity contribution in [2.24, 2.45) is 5.92 Å². The first kappa shape index (κ1) is 17.4. The molecular formula is C18H20F3NO. The molecule has 1 aromatic rings. The van der Waals surface area contributed by atoms with Gasteiger partial charge in [-0.2, -0.15) is 5.26 Å². The lowest BCUT2D eigenvalue weighted by molar-refractivity contribution is -0.274. The fraction of sp³-hybridized carbons (Fsp3) is 0.500. The van der Waals surface area contributed by atoms with Crippen LogP contribution in [0.1, 0.15) is 50.0 Å². The summed E-state index contributed by atoms with van der Waals surface area (Å²) < 4.78 is 40.3. The van der Waals surface area contributed by atoms with Crippen molar-refractivity contribution in [3.63, 3.8) is 0 Å². The smallest absolute Gasteiger partial charge is 0.406 e. The summed E-state index contributed by atoms with van der Waals surface area (Å²) in [6.07, 6.45) is 5.22. The molecule has 0 radical (unpaired) electrons. The van der Waals surface area contributed by atoms with Gasteiger partial charge in [0, 0.05) is 6.08 Å². The molecule has 0 aliphatic heterocycles. The SMILES string of the molecule is N#C/C=C/CC[C@H]1CC[C@H](c2ccc(OC(F)(F)F)cc2)CC1. The number of rotatable bonds is 5. The summed E-state index contributed by atoms with van der Waals surface area (Å²) in [5, 5.41) is 8.44. The van der Waals surface area contributed by atoms with Gasteiger partial charge in [-0.1, -0.05) is 18.2 Å². The Morgan fingerprint density at radius 2 is 1.78 bits per heavy atom. The number of nitriles is 1. The predicted molar refractivity (Wildman–Crippen MR) is 81.8 cm³/mol. The van der Waals surface area contributed by atoms with Gasteiger partial charge in [0.2, 0.25) is 0 Å². The van der Waals surface area contributed by atoms with E-state index in [1.165, 1.54) is 18.2 Å². The summed E-state index contributed by atoms with van der Waals surface area (Å²) in [6, 6.07) is 8.25. The summed E-state index contributed by atoms with van der Waals surface area (Å²) in [4.78, 5) is 0. The number of nitrogens with zero attached hydrogens (tertiary/aromatic N) is 1. The van der Waals surface area contributed by atoms with Crippen LogP contribution in [0.5, 0.6) is 5.75 Å². The Hall–Kier alpha value is -1.96. The second-order valence-electron chi connectivity index (χ2n) is 5.94. The molecule has 0 saturated heterocycles. The van der Waals surface area contributed by atoms with Crippen LogP contribution in [0.4, 0.5) is 13.2 Å². The van der Waals surface area contributed by atoms with Gasteiger partial charge in [-0.25, -0.2) is 0 Å². The van der Waals surface area contributed by atoms with Crippen LogP contribution in [0, 0.1) is 17.2 Å². The molecule has 2 nitrogen and oxygen atoms in total. The van der Waals surface area contributed by atoms with E-state index in [9.17, 15) is 13.2 Å². The van der Waals surface area contributed by atoms with E-state index in [2.05, 4.69) is 4.74 Å². The molecule has 124 valence electrons. The van der Waals surface area contributed by atoms with E-state index in [4.69, 9.17) is 5.26 Å². The van der Waals surface area contributed by atoms with Crippen LogP contribution in [0.15, 0.2) is 36.4 Å². The minimum atomic E-state index is -4.64. The van der Waals surface area contributed by atoms with E-state index in [0.717, 1.165) is 44.1 Å². The third-order valence-electron chi connectivity index (χ3n) is 4.37. The molecule has 1 aliphatic carbocycles. The number of alkyl halides is 3. The topological polar surface area (TPSA) is 33.0 Å². The molecule has 1 aliphatic rings. The number of halogens is 3. The molecule has 0 unspecified atom stereocenters. The summed E-state index contributed by atoms with van der Waals surface area (Å²) in [5.41, 5.74) is 1.09. The minimum absolute atomic E-state index is 0.167. The molecule has 2 rings (SSSR count). The van der Waals surface area contributed by atoms with Crippen molar-refractivity contribution < 1.29 is 17.9 Å². The number of ether oxygens (including phenoxy) is 1. The molecular weight excluding hydrogens is 303 g/mol. The van der Waals surface area contributed by atoms with E-state index in [1.807, 2.05) is 12.1 Å². The van der Waals surface area contributed by atoms with E-state index in [1.54, 1.807) is 12.1 Å². The average molecular weight is 323 g/mol. The quantitative estimate of drug-likeness (QED) is 0.649. The van der Waals surface area contributed by atoms with Crippen molar-refractivity contribution >= 4 is 0 Å². The molecule has 0 amide bonds. The van der Waals surface area contributed by atoms with Crippen molar-refractivity contribution in [2.45, 2.75) is 50.8 Å². The van der Waals surface area contributed by atoms with Gasteiger partial charge in [-0.3, -0.25) is 0 Å². The van der Waals surface area contributed by atoms with Crippen LogP contribution in [0.25, 0.3) is 0 Å². The van der Waals surface area contributed by atoms with Crippen molar-refractivity contribution in [2.75, 3.05) is 0 Å². The molecule has 0 N–H and O–H groups in total. The van der Waals surface area contributed by atoms with E-state index in [-0.39, 0.29) is 5.75 Å². The first-order valence-corrected chi connectivity index (χ1v) is 7.88. The van der Waals surface area contributed by atoms with Gasteiger partial charge in [0.05, 0.1) is 6.07 Å². The van der Waals surface area contributed by atoms with E-state index >= 15 is 0 Å². The van der Waals surface area contributed by atoms with Gasteiger partial charge in [-0.15, -0.1) is 13.2 Å². The highest BCUT2D eigenvalue weighted by Crippen LogP contribution is 2.38. The number of benzene rings is 1. The highest BCUT2D eigenvalue weighted by Gasteiger charge is 2.31. The fourth-order valence-electron chi connectivity index (χ4n) is 3.19. The molecule has 1 aromatic carbocycles. The zero-order chi connectivity index (χ0) is 16.7. The lowest BCUT2D eigenvalue weighted by Gasteiger charge is -2.28. The first-order valence-electron chi connectivity index (χ1n) is 7.88. The predicted octanol–water partition coefficient (Wildman–Crippen LogP) is 5.72. The van der Waals surface area contributed by atoms with Gasteiger partial charge in [-0.05, 0) is 68.1 Å². The van der Waals surface area contributed by atoms with Crippen LogP contribution in [0.3, 0.4) is 0 Å². The lowest BCUT2D eigenvalue weighted by atomic mass is 9.77. The molecule has 0 spiro atoms. The van der Waals surface area contributed by atoms with Crippen molar-refractivity contribution in [1.29, 1.82) is 5.26 Å². The van der Waals surface area contributed by atoms with Crippen LogP contribution >= 0.6 is 0 Å². The molecule has 23 heavy (non-hydrogen) atoms. The Morgan fingerprint density at radius 1 is 1.13 bits per heavy atom. The average Bonchev–Trinajstić information content (AvgIpc) is 2.52. The maximum absolute atomic E-state index is 12.1. The molecule has 0 aromatic heterocycles. The Balaban J connectivity index is 1.81. The van der Waals surface area contributed by atoms with Crippen LogP contribution in [-0.2, 0) is 0 Å². The second-order valence-corrected chi connectivity index (χ2v) is 5.94. The third-order valence-corrected chi connectivity index (χ3v) is 4.37. The number of allylic oxidation sites excluding steroid dienone is 2. The first-order chi connectivity index (χ1) is 11.0. The molecule has 0 heterocycles. The Bertz CT molecular complexity index is 549. The Kier molecular flexibility index (Phi) is 6.09. The van der Waals surface area contributed by atoms with Gasteiger partial charge < -0.3 is 4.74 Å². The Labute approximate surface area is 134 Å². The Morgan fingerprint density at radius 3 is 2.35 bits per heavy atom. The highest BCUT2D eigenvalue weighted by molar-refractivity contribution is 5.29. The molecule has 0 bridgehead atoms. The largest absolute Gasteiger partial charge is 0.573 e. The third kappa shape index (κ3) is 5.97. The van der Waals surface area contributed by atoms with Crippen molar-refractivity contribution in [3.8, 4) is 11.8 Å². The monoisotopic (exact) mass is 323 g/mol. The minimum Gasteiger partial charge on any atom is -0.406 e. The molecule has 1 saturated carbocycles. The van der Waals surface area contributed by atoms with E-state index in [0.29, 0.717) is 11.8 Å². The van der Waals surface area contributed by atoms with E-state index < -0.39 is 6.36 Å². The highest BCUT2D eigenvalue weighted by atomic mass is 19.4. The van der Waals surface area contributed by atoms with Crippen LogP contribution in [0.2, 0.25) is 0 Å². The standard InChI is InChI=1S/C18H20F3NO/c19-18(20,21)23-17-11-9-16(10-12-17)15-7-5-14(6-8-15)4-2-1-3-13-22/h1,3,9-12,14-15H,2,4-8H2/b3-1+/t14-,15-. The number of hydrogen-bond acceptors (Lipinski definition) is 2. The zero-order valence-electron chi connectivity index (χ0n) is 12.9. The van der Waals surface area contributed by atoms with Crippen molar-refractivity contribution in [3.05, 3.63) is 42.0 Å². The van der Waals surface area contributed by atoms with Gasteiger partial charge in [0.25, 0.3) is 0 Å². The zero-order valence-corrected chi connectivity index (χ0v) is 12.9. The van der Waals surface area contributed by atoms with Crippen molar-refractivity contribution in [1.82, 2.24) is 0 Å². The molecule has 0 atom stereocenters. The summed E-state index contributed by atoms with van der Waals surface area (Å²) in [5.74, 6) is 0.933. The molecule has 5 heteroatoms. The normalized spacial score (nSPS) is 22.0. The molecule has 1 fully saturated rings. The summed E-state index contributed by atoms with van der Waals surface area (Å²) >= 11 is 0. The second kappa shape index (κ2) is 8.05. The van der Waals surface area contributed by atoms with Gasteiger partial charge in [0.1, 0.15) is 5.75 Å². The van der Waals surface area contributed by atoms with Gasteiger partial charge in [0.15, 0.2) is 0 Å². The maximum atomic E-state index is 12.1. The van der Waals surface area contributed by atoms with Crippen LogP contribution < -0.4 is 4.74 Å². The fourth-order valence-corrected chi connectivity index (χ4v) is 3.19.